The van der Waals surface area contributed by atoms with E-state index >= 15 is 0 Å². The van der Waals surface area contributed by atoms with E-state index in [1.54, 1.807) is 0 Å². The number of thioether (sulfide) groups is 1. The van der Waals surface area contributed by atoms with E-state index in [0.29, 0.717) is 0 Å². The van der Waals surface area contributed by atoms with Gasteiger partial charge in [0.15, 0.2) is 6.54 Å². The first-order valence-electron chi connectivity index (χ1n) is 15.8. The summed E-state index contributed by atoms with van der Waals surface area (Å²) < 4.78 is 3.91. The second-order valence-electron chi connectivity index (χ2n) is 13.9. The van der Waals surface area contributed by atoms with Gasteiger partial charge in [-0.1, -0.05) is 119 Å². The van der Waals surface area contributed by atoms with Crippen LogP contribution in [0.5, 0.6) is 0 Å². The molecule has 0 radical (unpaired) electrons. The Morgan fingerprint density at radius 3 is 2.37 bits per heavy atom. The molecule has 43 heavy (non-hydrogen) atoms. The normalized spacial score (nSPS) is 22.3. The lowest BCUT2D eigenvalue weighted by Gasteiger charge is -2.31. The van der Waals surface area contributed by atoms with Crippen LogP contribution in [0.4, 0.5) is 5.69 Å². The van der Waals surface area contributed by atoms with Gasteiger partial charge in [-0.25, -0.2) is 0 Å². The summed E-state index contributed by atoms with van der Waals surface area (Å²) >= 11 is 3.76. The highest BCUT2D eigenvalue weighted by Gasteiger charge is 2.27. The van der Waals surface area contributed by atoms with Crippen molar-refractivity contribution in [1.29, 1.82) is 0 Å². The lowest BCUT2D eigenvalue weighted by molar-refractivity contribution is -0.669. The number of rotatable bonds is 7. The monoisotopic (exact) mass is 605 g/mol. The number of allylic oxidation sites excluding steroid dienone is 10. The Morgan fingerprint density at radius 1 is 0.837 bits per heavy atom. The van der Waals surface area contributed by atoms with E-state index in [9.17, 15) is 0 Å². The van der Waals surface area contributed by atoms with Crippen LogP contribution in [0.25, 0.3) is 16.3 Å². The number of fused-ring (bicyclic) bond motifs is 2. The number of anilines is 1. The van der Waals surface area contributed by atoms with Crippen molar-refractivity contribution >= 4 is 45.1 Å². The van der Waals surface area contributed by atoms with Crippen LogP contribution in [0.2, 0.25) is 0 Å². The number of para-hydroxylation sites is 2. The smallest absolute Gasteiger partial charge is 0.263 e. The van der Waals surface area contributed by atoms with Crippen LogP contribution in [-0.4, -0.2) is 0 Å². The number of hydrogen-bond acceptors (Lipinski definition) is 3. The summed E-state index contributed by atoms with van der Waals surface area (Å²) in [6.45, 7) is 13.0. The number of nitrogens with zero attached hydrogens (tertiary/aromatic N) is 1. The molecule has 6 rings (SSSR count). The SMILES string of the molecule is CCCC[n+]1c(/C=C2C=C(/C=C/C=C3C=C(/C=C4/Nc5ccccc5S4)CC(C)(C)C/3)CC(C)(C)C/2)sc2ccccc21. The zero-order valence-corrected chi connectivity index (χ0v) is 28.0. The highest BCUT2D eigenvalue weighted by molar-refractivity contribution is 8.03. The summed E-state index contributed by atoms with van der Waals surface area (Å²) in [4.78, 5) is 1.31. The third kappa shape index (κ3) is 7.36. The van der Waals surface area contributed by atoms with E-state index in [1.807, 2.05) is 23.1 Å². The van der Waals surface area contributed by atoms with Gasteiger partial charge in [-0.05, 0) is 83.1 Å². The highest BCUT2D eigenvalue weighted by Crippen LogP contribution is 2.44. The second-order valence-corrected chi connectivity index (χ2v) is 16.1. The fraction of sp³-hybridized carbons (Fsp3) is 0.359. The van der Waals surface area contributed by atoms with Gasteiger partial charge in [0.2, 0.25) is 5.52 Å². The molecule has 1 N–H and O–H groups in total. The molecule has 1 aromatic heterocycles. The average Bonchev–Trinajstić information content (AvgIpc) is 3.50. The average molecular weight is 606 g/mol. The molecule has 0 bridgehead atoms. The lowest BCUT2D eigenvalue weighted by Crippen LogP contribution is -2.35. The maximum absolute atomic E-state index is 3.60. The van der Waals surface area contributed by atoms with Gasteiger partial charge in [0.25, 0.3) is 5.01 Å². The van der Waals surface area contributed by atoms with Crippen LogP contribution in [0.15, 0.2) is 117 Å². The van der Waals surface area contributed by atoms with Crippen LogP contribution in [0.1, 0.15) is 78.2 Å². The largest absolute Gasteiger partial charge is 0.349 e. The van der Waals surface area contributed by atoms with Crippen LogP contribution in [0.3, 0.4) is 0 Å². The first kappa shape index (κ1) is 30.0. The summed E-state index contributed by atoms with van der Waals surface area (Å²) in [5, 5.41) is 6.20. The maximum Gasteiger partial charge on any atom is 0.263 e. The number of hydrogen-bond donors (Lipinski definition) is 1. The zero-order chi connectivity index (χ0) is 30.0. The van der Waals surface area contributed by atoms with Crippen LogP contribution in [0, 0.1) is 10.8 Å². The molecule has 0 atom stereocenters. The van der Waals surface area contributed by atoms with Crippen LogP contribution < -0.4 is 9.88 Å². The number of thiazole rings is 1. The van der Waals surface area contributed by atoms with Crippen molar-refractivity contribution < 1.29 is 4.57 Å². The van der Waals surface area contributed by atoms with Gasteiger partial charge in [0, 0.05) is 23.5 Å². The maximum atomic E-state index is 3.60. The zero-order valence-electron chi connectivity index (χ0n) is 26.4. The molecule has 2 nitrogen and oxygen atoms in total. The topological polar surface area (TPSA) is 15.9 Å². The minimum absolute atomic E-state index is 0.244. The molecule has 2 heterocycles. The number of nitrogens with one attached hydrogen (secondary N) is 1. The van der Waals surface area contributed by atoms with E-state index in [-0.39, 0.29) is 10.8 Å². The van der Waals surface area contributed by atoms with E-state index in [0.717, 1.165) is 32.2 Å². The Bertz CT molecular complexity index is 1680. The Balaban J connectivity index is 1.25. The first-order chi connectivity index (χ1) is 20.7. The molecule has 0 saturated carbocycles. The quantitative estimate of drug-likeness (QED) is 0.270. The predicted octanol–water partition coefficient (Wildman–Crippen LogP) is 11.4. The Hall–Kier alpha value is -3.08. The Kier molecular flexibility index (Phi) is 8.71. The minimum atomic E-state index is 0.244. The number of aryl methyl sites for hydroxylation is 1. The van der Waals surface area contributed by atoms with Gasteiger partial charge >= 0.3 is 0 Å². The molecule has 3 aromatic rings. The summed E-state index contributed by atoms with van der Waals surface area (Å²) in [6, 6.07) is 17.4. The van der Waals surface area contributed by atoms with Crippen molar-refractivity contribution in [3.05, 3.63) is 117 Å². The molecule has 1 aliphatic heterocycles. The molecule has 0 amide bonds. The lowest BCUT2D eigenvalue weighted by atomic mass is 9.74. The Morgan fingerprint density at radius 2 is 1.56 bits per heavy atom. The van der Waals surface area contributed by atoms with Crippen LogP contribution >= 0.6 is 23.1 Å². The van der Waals surface area contributed by atoms with Gasteiger partial charge in [-0.15, -0.1) is 0 Å². The van der Waals surface area contributed by atoms with Crippen molar-refractivity contribution in [2.45, 2.75) is 84.6 Å². The van der Waals surface area contributed by atoms with Crippen molar-refractivity contribution in [2.24, 2.45) is 10.8 Å². The highest BCUT2D eigenvalue weighted by atomic mass is 32.2. The van der Waals surface area contributed by atoms with Crippen molar-refractivity contribution in [3.8, 4) is 0 Å². The molecular formula is C39H45N2S2+. The third-order valence-corrected chi connectivity index (χ3v) is 10.6. The minimum Gasteiger partial charge on any atom is -0.349 e. The number of unbranched alkanes of at least 4 members (excludes halogenated alkanes) is 1. The van der Waals surface area contributed by atoms with Gasteiger partial charge in [0.1, 0.15) is 4.70 Å². The van der Waals surface area contributed by atoms with Gasteiger partial charge < -0.3 is 5.32 Å². The van der Waals surface area contributed by atoms with E-state index < -0.39 is 0 Å². The van der Waals surface area contributed by atoms with Crippen LogP contribution in [-0.2, 0) is 6.54 Å². The molecule has 0 saturated heterocycles. The van der Waals surface area contributed by atoms with Gasteiger partial charge in [-0.2, -0.15) is 4.57 Å². The third-order valence-electron chi connectivity index (χ3n) is 8.45. The van der Waals surface area contributed by atoms with E-state index in [2.05, 4.69) is 136 Å². The molecule has 222 valence electrons. The van der Waals surface area contributed by atoms with Gasteiger partial charge in [0.05, 0.1) is 10.7 Å². The summed E-state index contributed by atoms with van der Waals surface area (Å²) in [7, 11) is 0. The molecule has 2 aromatic carbocycles. The molecule has 0 fully saturated rings. The van der Waals surface area contributed by atoms with Crippen molar-refractivity contribution in [2.75, 3.05) is 5.32 Å². The summed E-state index contributed by atoms with van der Waals surface area (Å²) in [5.41, 5.74) is 8.75. The molecule has 2 aliphatic carbocycles. The summed E-state index contributed by atoms with van der Waals surface area (Å²) in [6.07, 6.45) is 23.5. The predicted molar refractivity (Wildman–Crippen MR) is 188 cm³/mol. The first-order valence-corrected chi connectivity index (χ1v) is 17.5. The van der Waals surface area contributed by atoms with Crippen molar-refractivity contribution in [3.63, 3.8) is 0 Å². The standard InChI is InChI=1S/C39H44N2S2/c1-6-7-19-41-33-16-9-11-18-35(33)43-37(41)23-31-21-29(25-39(4,5)27-31)14-12-13-28-20-30(26-38(2,3)24-28)22-36-40-32-15-8-10-17-34(32)42-36/h8-18,20-23H,6-7,19,24-27H2,1-5H3/p+1. The van der Waals surface area contributed by atoms with E-state index in [1.165, 1.54) is 66.0 Å². The second kappa shape index (κ2) is 12.5. The number of benzene rings is 2. The molecular weight excluding hydrogens is 561 g/mol. The van der Waals surface area contributed by atoms with Gasteiger partial charge in [-0.3, -0.25) is 0 Å². The van der Waals surface area contributed by atoms with E-state index in [4.69, 9.17) is 0 Å². The number of aromatic nitrogens is 1. The Labute approximate surface area is 266 Å². The molecule has 0 unspecified atom stereocenters. The fourth-order valence-corrected chi connectivity index (χ4v) is 8.89. The van der Waals surface area contributed by atoms with Crippen molar-refractivity contribution in [1.82, 2.24) is 0 Å². The fourth-order valence-electron chi connectivity index (χ4n) is 6.75. The molecule has 0 spiro atoms. The summed E-state index contributed by atoms with van der Waals surface area (Å²) in [5.74, 6) is 0. The molecule has 3 aliphatic rings. The molecule has 4 heteroatoms.